The molecule has 0 aromatic heterocycles. The Morgan fingerprint density at radius 2 is 1.59 bits per heavy atom. The van der Waals surface area contributed by atoms with Gasteiger partial charge in [0, 0.05) is 12.5 Å². The van der Waals surface area contributed by atoms with E-state index in [1.165, 1.54) is 71.9 Å². The standard InChI is InChI=1S/C31H36O/c1-22-7-15-30-28(19-22)14-16-29(26-5-3-2-4-6-26)31(30)27-12-10-23(11-13-27)20-25-9-8-24(21-25)17-18-32/h2-7,10-13,15,19,24-25,29,31-32H,8-9,14,16-18,20-21H2,1H3/t24?,25?,29-,31+/m1/s1. The van der Waals surface area contributed by atoms with Gasteiger partial charge in [0.05, 0.1) is 0 Å². The number of aliphatic hydroxyl groups is 1. The highest BCUT2D eigenvalue weighted by atomic mass is 16.3. The molecule has 0 amide bonds. The molecule has 5 rings (SSSR count). The molecule has 1 saturated carbocycles. The smallest absolute Gasteiger partial charge is 0.0433 e. The number of rotatable bonds is 6. The minimum Gasteiger partial charge on any atom is -0.396 e. The predicted molar refractivity (Wildman–Crippen MR) is 133 cm³/mol. The molecule has 0 heterocycles. The van der Waals surface area contributed by atoms with E-state index in [-0.39, 0.29) is 0 Å². The molecule has 0 radical (unpaired) electrons. The maximum Gasteiger partial charge on any atom is 0.0433 e. The van der Waals surface area contributed by atoms with Crippen LogP contribution < -0.4 is 0 Å². The summed E-state index contributed by atoms with van der Waals surface area (Å²) in [6.07, 6.45) is 8.44. The van der Waals surface area contributed by atoms with Crippen LogP contribution in [-0.4, -0.2) is 11.7 Å². The van der Waals surface area contributed by atoms with E-state index >= 15 is 0 Å². The Morgan fingerprint density at radius 3 is 2.38 bits per heavy atom. The normalized spacial score (nSPS) is 24.9. The van der Waals surface area contributed by atoms with E-state index < -0.39 is 0 Å². The molecule has 0 bridgehead atoms. The second-order valence-corrected chi connectivity index (χ2v) is 10.2. The molecule has 32 heavy (non-hydrogen) atoms. The molecule has 2 unspecified atom stereocenters. The van der Waals surface area contributed by atoms with Crippen molar-refractivity contribution >= 4 is 0 Å². The number of aryl methyl sites for hydroxylation is 2. The number of hydrogen-bond acceptors (Lipinski definition) is 1. The van der Waals surface area contributed by atoms with Gasteiger partial charge in [0.1, 0.15) is 0 Å². The molecule has 1 N–H and O–H groups in total. The molecule has 2 aliphatic carbocycles. The number of benzene rings is 3. The van der Waals surface area contributed by atoms with E-state index in [0.717, 1.165) is 18.3 Å². The van der Waals surface area contributed by atoms with Gasteiger partial charge in [-0.05, 0) is 91.0 Å². The lowest BCUT2D eigenvalue weighted by molar-refractivity contribution is 0.256. The fourth-order valence-corrected chi connectivity index (χ4v) is 6.42. The molecular formula is C31H36O. The van der Waals surface area contributed by atoms with Gasteiger partial charge < -0.3 is 5.11 Å². The van der Waals surface area contributed by atoms with Gasteiger partial charge >= 0.3 is 0 Å². The monoisotopic (exact) mass is 424 g/mol. The van der Waals surface area contributed by atoms with E-state index in [1.54, 1.807) is 0 Å². The van der Waals surface area contributed by atoms with Crippen molar-refractivity contribution in [3.63, 3.8) is 0 Å². The van der Waals surface area contributed by atoms with Crippen molar-refractivity contribution in [3.05, 3.63) is 106 Å². The first-order chi connectivity index (χ1) is 15.7. The van der Waals surface area contributed by atoms with Crippen LogP contribution in [0.3, 0.4) is 0 Å². The minimum atomic E-state index is 0.344. The third-order valence-corrected chi connectivity index (χ3v) is 8.04. The Labute approximate surface area is 193 Å². The van der Waals surface area contributed by atoms with Crippen LogP contribution in [0.15, 0.2) is 72.8 Å². The minimum absolute atomic E-state index is 0.344. The zero-order chi connectivity index (χ0) is 21.9. The average Bonchev–Trinajstić information content (AvgIpc) is 3.26. The molecule has 0 spiro atoms. The van der Waals surface area contributed by atoms with Crippen LogP contribution in [0.2, 0.25) is 0 Å². The summed E-state index contributed by atoms with van der Waals surface area (Å²) < 4.78 is 0. The lowest BCUT2D eigenvalue weighted by Crippen LogP contribution is -2.20. The lowest BCUT2D eigenvalue weighted by Gasteiger charge is -2.35. The summed E-state index contributed by atoms with van der Waals surface area (Å²) in [5.41, 5.74) is 8.82. The Morgan fingerprint density at radius 1 is 0.812 bits per heavy atom. The Bertz CT molecular complexity index is 1020. The van der Waals surface area contributed by atoms with Crippen molar-refractivity contribution in [1.82, 2.24) is 0 Å². The van der Waals surface area contributed by atoms with Crippen molar-refractivity contribution in [1.29, 1.82) is 0 Å². The molecule has 4 atom stereocenters. The average molecular weight is 425 g/mol. The zero-order valence-electron chi connectivity index (χ0n) is 19.3. The van der Waals surface area contributed by atoms with Crippen LogP contribution in [0.5, 0.6) is 0 Å². The maximum atomic E-state index is 9.25. The summed E-state index contributed by atoms with van der Waals surface area (Å²) in [7, 11) is 0. The van der Waals surface area contributed by atoms with Gasteiger partial charge in [0.2, 0.25) is 0 Å². The summed E-state index contributed by atoms with van der Waals surface area (Å²) >= 11 is 0. The second-order valence-electron chi connectivity index (χ2n) is 10.2. The summed E-state index contributed by atoms with van der Waals surface area (Å²) in [5, 5.41) is 9.25. The van der Waals surface area contributed by atoms with E-state index in [1.807, 2.05) is 0 Å². The van der Waals surface area contributed by atoms with Gasteiger partial charge in [-0.25, -0.2) is 0 Å². The molecular weight excluding hydrogens is 388 g/mol. The fraction of sp³-hybridized carbons (Fsp3) is 0.419. The van der Waals surface area contributed by atoms with Gasteiger partial charge in [-0.15, -0.1) is 0 Å². The topological polar surface area (TPSA) is 20.2 Å². The van der Waals surface area contributed by atoms with Crippen molar-refractivity contribution in [2.45, 2.75) is 63.7 Å². The Kier molecular flexibility index (Phi) is 6.46. The zero-order valence-corrected chi connectivity index (χ0v) is 19.3. The van der Waals surface area contributed by atoms with E-state index in [9.17, 15) is 5.11 Å². The number of fused-ring (bicyclic) bond motifs is 1. The highest BCUT2D eigenvalue weighted by molar-refractivity contribution is 5.46. The van der Waals surface area contributed by atoms with Gasteiger partial charge in [0.15, 0.2) is 0 Å². The second kappa shape index (κ2) is 9.63. The molecule has 3 aromatic rings. The van der Waals surface area contributed by atoms with Crippen LogP contribution in [0.1, 0.15) is 77.3 Å². The third kappa shape index (κ3) is 4.55. The Hall–Kier alpha value is -2.38. The molecule has 166 valence electrons. The van der Waals surface area contributed by atoms with Crippen LogP contribution >= 0.6 is 0 Å². The Balaban J connectivity index is 1.41. The summed E-state index contributed by atoms with van der Waals surface area (Å²) in [6, 6.07) is 27.8. The van der Waals surface area contributed by atoms with Gasteiger partial charge in [0.25, 0.3) is 0 Å². The van der Waals surface area contributed by atoms with Crippen molar-refractivity contribution in [2.24, 2.45) is 11.8 Å². The van der Waals surface area contributed by atoms with Crippen molar-refractivity contribution in [2.75, 3.05) is 6.61 Å². The van der Waals surface area contributed by atoms with Crippen LogP contribution in [0, 0.1) is 18.8 Å². The first-order valence-electron chi connectivity index (χ1n) is 12.6. The van der Waals surface area contributed by atoms with Gasteiger partial charge in [-0.1, -0.05) is 84.8 Å². The quantitative estimate of drug-likeness (QED) is 0.444. The van der Waals surface area contributed by atoms with E-state index in [0.29, 0.717) is 18.4 Å². The van der Waals surface area contributed by atoms with Gasteiger partial charge in [-0.3, -0.25) is 0 Å². The molecule has 0 saturated heterocycles. The summed E-state index contributed by atoms with van der Waals surface area (Å²) in [5.74, 6) is 2.48. The lowest BCUT2D eigenvalue weighted by atomic mass is 9.69. The highest BCUT2D eigenvalue weighted by Crippen LogP contribution is 2.46. The van der Waals surface area contributed by atoms with Gasteiger partial charge in [-0.2, -0.15) is 0 Å². The first-order valence-corrected chi connectivity index (χ1v) is 12.6. The van der Waals surface area contributed by atoms with Crippen molar-refractivity contribution in [3.8, 4) is 0 Å². The number of aliphatic hydroxyl groups excluding tert-OH is 1. The third-order valence-electron chi connectivity index (χ3n) is 8.04. The van der Waals surface area contributed by atoms with E-state index in [2.05, 4.69) is 79.7 Å². The molecule has 3 aromatic carbocycles. The predicted octanol–water partition coefficient (Wildman–Crippen LogP) is 7.20. The summed E-state index contributed by atoms with van der Waals surface area (Å²) in [4.78, 5) is 0. The molecule has 1 heteroatoms. The number of hydrogen-bond donors (Lipinski definition) is 1. The van der Waals surface area contributed by atoms with Crippen LogP contribution in [0.25, 0.3) is 0 Å². The SMILES string of the molecule is Cc1ccc2c(c1)CC[C@H](c1ccccc1)[C@@H]2c1ccc(CC2CCC(CCO)C2)cc1. The van der Waals surface area contributed by atoms with Crippen molar-refractivity contribution < 1.29 is 5.11 Å². The molecule has 2 aliphatic rings. The van der Waals surface area contributed by atoms with Crippen LogP contribution in [0.4, 0.5) is 0 Å². The molecule has 0 aliphatic heterocycles. The highest BCUT2D eigenvalue weighted by Gasteiger charge is 2.32. The van der Waals surface area contributed by atoms with E-state index in [4.69, 9.17) is 0 Å². The fourth-order valence-electron chi connectivity index (χ4n) is 6.42. The summed E-state index contributed by atoms with van der Waals surface area (Å²) in [6.45, 7) is 2.55. The largest absolute Gasteiger partial charge is 0.396 e. The first kappa shape index (κ1) is 21.5. The molecule has 1 nitrogen and oxygen atoms in total. The van der Waals surface area contributed by atoms with Crippen LogP contribution in [-0.2, 0) is 12.8 Å². The molecule has 1 fully saturated rings. The maximum absolute atomic E-state index is 9.25.